The van der Waals surface area contributed by atoms with E-state index < -0.39 is 5.97 Å². The summed E-state index contributed by atoms with van der Waals surface area (Å²) in [4.78, 5) is 21.4. The molecule has 31 heavy (non-hydrogen) atoms. The molecule has 7 heteroatoms. The van der Waals surface area contributed by atoms with Crippen LogP contribution in [0.15, 0.2) is 54.6 Å². The lowest BCUT2D eigenvalue weighted by Gasteiger charge is -2.21. The Kier molecular flexibility index (Phi) is 4.88. The average molecular weight is 414 g/mol. The molecule has 156 valence electrons. The monoisotopic (exact) mass is 414 g/mol. The molecule has 2 N–H and O–H groups in total. The molecule has 2 aromatic heterocycles. The van der Waals surface area contributed by atoms with Crippen LogP contribution in [0.5, 0.6) is 0 Å². The van der Waals surface area contributed by atoms with Crippen LogP contribution in [0, 0.1) is 6.92 Å². The highest BCUT2D eigenvalue weighted by molar-refractivity contribution is 6.03. The lowest BCUT2D eigenvalue weighted by atomic mass is 10.1. The number of ether oxygens (including phenoxy) is 1. The van der Waals surface area contributed by atoms with Crippen LogP contribution in [0.3, 0.4) is 0 Å². The lowest BCUT2D eigenvalue weighted by Crippen LogP contribution is -2.19. The SMILES string of the molecule is Cc1cc2c(C(=O)O)cccc2n1-c1nc2c(c(NCc3ccccc3)n1)COCC2. The van der Waals surface area contributed by atoms with E-state index in [1.165, 1.54) is 0 Å². The average Bonchev–Trinajstić information content (AvgIpc) is 3.13. The van der Waals surface area contributed by atoms with Gasteiger partial charge in [0.1, 0.15) is 5.82 Å². The number of aryl methyl sites for hydroxylation is 1. The molecule has 0 spiro atoms. The molecule has 0 amide bonds. The number of carboxylic acid groups (broad SMARTS) is 1. The molecule has 0 saturated carbocycles. The molecule has 0 atom stereocenters. The van der Waals surface area contributed by atoms with Crippen LogP contribution in [0.25, 0.3) is 16.9 Å². The van der Waals surface area contributed by atoms with E-state index in [-0.39, 0.29) is 5.56 Å². The summed E-state index contributed by atoms with van der Waals surface area (Å²) in [6, 6.07) is 17.3. The number of anilines is 1. The topological polar surface area (TPSA) is 89.3 Å². The summed E-state index contributed by atoms with van der Waals surface area (Å²) in [5.41, 5.74) is 5.02. The number of aromatic carboxylic acids is 1. The predicted molar refractivity (Wildman–Crippen MR) is 118 cm³/mol. The van der Waals surface area contributed by atoms with Gasteiger partial charge in [-0.1, -0.05) is 36.4 Å². The van der Waals surface area contributed by atoms with E-state index in [1.54, 1.807) is 12.1 Å². The Bertz CT molecular complexity index is 1280. The van der Waals surface area contributed by atoms with Crippen LogP contribution in [-0.4, -0.2) is 32.2 Å². The van der Waals surface area contributed by atoms with Crippen LogP contribution in [-0.2, 0) is 24.3 Å². The Hall–Kier alpha value is -3.71. The predicted octanol–water partition coefficient (Wildman–Crippen LogP) is 4.11. The minimum Gasteiger partial charge on any atom is -0.478 e. The highest BCUT2D eigenvalue weighted by atomic mass is 16.5. The quantitative estimate of drug-likeness (QED) is 0.511. The van der Waals surface area contributed by atoms with Gasteiger partial charge in [0.05, 0.1) is 30.0 Å². The molecule has 0 radical (unpaired) electrons. The Morgan fingerprint density at radius 3 is 2.81 bits per heavy atom. The van der Waals surface area contributed by atoms with Gasteiger partial charge in [-0.3, -0.25) is 4.57 Å². The van der Waals surface area contributed by atoms with Crippen LogP contribution in [0.1, 0.15) is 32.9 Å². The van der Waals surface area contributed by atoms with Crippen LogP contribution < -0.4 is 5.32 Å². The minimum absolute atomic E-state index is 0.271. The molecule has 0 aliphatic carbocycles. The minimum atomic E-state index is -0.948. The number of nitrogens with zero attached hydrogens (tertiary/aromatic N) is 3. The third kappa shape index (κ3) is 3.53. The molecule has 2 aromatic carbocycles. The number of rotatable bonds is 5. The van der Waals surface area contributed by atoms with Crippen molar-refractivity contribution in [3.63, 3.8) is 0 Å². The first kappa shape index (κ1) is 19.3. The lowest BCUT2D eigenvalue weighted by molar-refractivity contribution is 0.0699. The molecule has 4 aromatic rings. The Labute approximate surface area is 179 Å². The van der Waals surface area contributed by atoms with Crippen molar-refractivity contribution in [2.24, 2.45) is 0 Å². The summed E-state index contributed by atoms with van der Waals surface area (Å²) in [6.45, 7) is 3.67. The van der Waals surface area contributed by atoms with E-state index in [2.05, 4.69) is 17.4 Å². The Morgan fingerprint density at radius 1 is 1.16 bits per heavy atom. The zero-order chi connectivity index (χ0) is 21.4. The van der Waals surface area contributed by atoms with Gasteiger partial charge in [0.25, 0.3) is 0 Å². The normalized spacial score (nSPS) is 13.2. The third-order valence-electron chi connectivity index (χ3n) is 5.57. The molecule has 7 nitrogen and oxygen atoms in total. The highest BCUT2D eigenvalue weighted by Gasteiger charge is 2.21. The number of aromatic nitrogens is 3. The summed E-state index contributed by atoms with van der Waals surface area (Å²) < 4.78 is 7.59. The van der Waals surface area contributed by atoms with Gasteiger partial charge in [0.2, 0.25) is 5.95 Å². The molecule has 3 heterocycles. The fourth-order valence-electron chi connectivity index (χ4n) is 4.06. The van der Waals surface area contributed by atoms with Crippen LogP contribution in [0.2, 0.25) is 0 Å². The maximum absolute atomic E-state index is 11.7. The van der Waals surface area contributed by atoms with Crippen molar-refractivity contribution in [1.29, 1.82) is 0 Å². The molecule has 1 aliphatic rings. The smallest absolute Gasteiger partial charge is 0.336 e. The molecular weight excluding hydrogens is 392 g/mol. The van der Waals surface area contributed by atoms with Gasteiger partial charge >= 0.3 is 5.97 Å². The summed E-state index contributed by atoms with van der Waals surface area (Å²) in [5.74, 6) is 0.335. The highest BCUT2D eigenvalue weighted by Crippen LogP contribution is 2.29. The van der Waals surface area contributed by atoms with Gasteiger partial charge in [0.15, 0.2) is 0 Å². The summed E-state index contributed by atoms with van der Waals surface area (Å²) >= 11 is 0. The fourth-order valence-corrected chi connectivity index (χ4v) is 4.06. The second kappa shape index (κ2) is 7.85. The summed E-state index contributed by atoms with van der Waals surface area (Å²) in [6.07, 6.45) is 0.712. The number of nitrogens with one attached hydrogen (secondary N) is 1. The van der Waals surface area contributed by atoms with Crippen molar-refractivity contribution in [1.82, 2.24) is 14.5 Å². The number of carbonyl (C=O) groups is 1. The van der Waals surface area contributed by atoms with Crippen molar-refractivity contribution < 1.29 is 14.6 Å². The summed E-state index contributed by atoms with van der Waals surface area (Å²) in [5, 5.41) is 13.7. The standard InChI is InChI=1S/C24H22N4O3/c1-15-12-18-17(23(29)30)8-5-9-21(18)28(15)24-26-20-10-11-31-14-19(20)22(27-24)25-13-16-6-3-2-4-7-16/h2-9,12H,10-11,13-14H2,1H3,(H,29,30)(H,25,26,27). The first-order valence-corrected chi connectivity index (χ1v) is 10.2. The van der Waals surface area contributed by atoms with Crippen molar-refractivity contribution in [3.8, 4) is 5.95 Å². The first-order chi connectivity index (χ1) is 15.1. The molecular formula is C24H22N4O3. The number of fused-ring (bicyclic) bond motifs is 2. The zero-order valence-electron chi connectivity index (χ0n) is 17.1. The van der Waals surface area contributed by atoms with Gasteiger partial charge < -0.3 is 15.2 Å². The number of carboxylic acids is 1. The van der Waals surface area contributed by atoms with E-state index in [4.69, 9.17) is 14.7 Å². The van der Waals surface area contributed by atoms with Gasteiger partial charge in [-0.2, -0.15) is 4.98 Å². The molecule has 5 rings (SSSR count). The molecule has 1 aliphatic heterocycles. The van der Waals surface area contributed by atoms with Crippen molar-refractivity contribution in [2.75, 3.05) is 11.9 Å². The van der Waals surface area contributed by atoms with E-state index in [0.29, 0.717) is 37.5 Å². The van der Waals surface area contributed by atoms with Crippen LogP contribution >= 0.6 is 0 Å². The Morgan fingerprint density at radius 2 is 2.00 bits per heavy atom. The van der Waals surface area contributed by atoms with E-state index in [9.17, 15) is 9.90 Å². The molecule has 0 bridgehead atoms. The van der Waals surface area contributed by atoms with E-state index in [1.807, 2.05) is 41.8 Å². The van der Waals surface area contributed by atoms with Gasteiger partial charge in [-0.15, -0.1) is 0 Å². The second-order valence-corrected chi connectivity index (χ2v) is 7.60. The first-order valence-electron chi connectivity index (χ1n) is 10.2. The molecule has 0 saturated heterocycles. The maximum Gasteiger partial charge on any atom is 0.336 e. The van der Waals surface area contributed by atoms with Gasteiger partial charge in [0, 0.05) is 29.6 Å². The van der Waals surface area contributed by atoms with Crippen molar-refractivity contribution in [3.05, 3.63) is 82.7 Å². The van der Waals surface area contributed by atoms with E-state index in [0.717, 1.165) is 33.8 Å². The zero-order valence-corrected chi connectivity index (χ0v) is 17.1. The molecule has 0 fully saturated rings. The van der Waals surface area contributed by atoms with E-state index >= 15 is 0 Å². The second-order valence-electron chi connectivity index (χ2n) is 7.60. The van der Waals surface area contributed by atoms with Crippen molar-refractivity contribution in [2.45, 2.75) is 26.5 Å². The van der Waals surface area contributed by atoms with Gasteiger partial charge in [-0.05, 0) is 30.7 Å². The Balaban J connectivity index is 1.62. The van der Waals surface area contributed by atoms with Crippen LogP contribution in [0.4, 0.5) is 5.82 Å². The largest absolute Gasteiger partial charge is 0.478 e. The number of benzene rings is 2. The van der Waals surface area contributed by atoms with Gasteiger partial charge in [-0.25, -0.2) is 9.78 Å². The fraction of sp³-hybridized carbons (Fsp3) is 0.208. The number of hydrogen-bond acceptors (Lipinski definition) is 5. The summed E-state index contributed by atoms with van der Waals surface area (Å²) in [7, 11) is 0. The third-order valence-corrected chi connectivity index (χ3v) is 5.57. The number of hydrogen-bond donors (Lipinski definition) is 2. The maximum atomic E-state index is 11.7. The molecule has 0 unspecified atom stereocenters. The van der Waals surface area contributed by atoms with Crippen molar-refractivity contribution >= 4 is 22.7 Å².